The number of hydrogen-bond acceptors (Lipinski definition) is 2. The summed E-state index contributed by atoms with van der Waals surface area (Å²) >= 11 is 6.02. The molecular formula is C22H24ClN3O. The van der Waals surface area contributed by atoms with Crippen LogP contribution in [0.2, 0.25) is 5.02 Å². The number of nitrogens with one attached hydrogen (secondary N) is 2. The highest BCUT2D eigenvalue weighted by molar-refractivity contribution is 6.30. The molecule has 3 rings (SSSR count). The van der Waals surface area contributed by atoms with Crippen LogP contribution in [0.4, 0.5) is 0 Å². The molecule has 1 unspecified atom stereocenters. The molecule has 0 aliphatic rings. The lowest BCUT2D eigenvalue weighted by molar-refractivity contribution is -0.121. The minimum atomic E-state index is -0.338. The third-order valence-electron chi connectivity index (χ3n) is 4.60. The van der Waals surface area contributed by atoms with Crippen LogP contribution in [-0.2, 0) is 11.2 Å². The smallest absolute Gasteiger partial charge is 0.232 e. The van der Waals surface area contributed by atoms with Crippen LogP contribution in [0, 0.1) is 6.92 Å². The van der Waals surface area contributed by atoms with E-state index < -0.39 is 0 Å². The zero-order valence-electron chi connectivity index (χ0n) is 15.4. The van der Waals surface area contributed by atoms with Crippen LogP contribution in [0.5, 0.6) is 0 Å². The number of carbonyl (C=O) groups excluding carboxylic acids is 1. The van der Waals surface area contributed by atoms with E-state index in [4.69, 9.17) is 11.6 Å². The number of amides is 1. The van der Waals surface area contributed by atoms with Crippen molar-refractivity contribution in [2.24, 2.45) is 0 Å². The molecule has 5 heteroatoms. The van der Waals surface area contributed by atoms with Gasteiger partial charge in [-0.25, -0.2) is 4.98 Å². The first kappa shape index (κ1) is 19.2. The van der Waals surface area contributed by atoms with Gasteiger partial charge in [-0.3, -0.25) is 4.79 Å². The lowest BCUT2D eigenvalue weighted by Gasteiger charge is -2.18. The molecule has 0 spiro atoms. The Morgan fingerprint density at radius 3 is 2.37 bits per heavy atom. The van der Waals surface area contributed by atoms with E-state index in [0.29, 0.717) is 11.6 Å². The highest BCUT2D eigenvalue weighted by Crippen LogP contribution is 2.26. The third-order valence-corrected chi connectivity index (χ3v) is 4.86. The minimum absolute atomic E-state index is 0.0164. The average Bonchev–Trinajstić information content (AvgIpc) is 3.18. The van der Waals surface area contributed by atoms with Crippen LogP contribution in [-0.4, -0.2) is 22.4 Å². The predicted octanol–water partition coefficient (Wildman–Crippen LogP) is 4.64. The minimum Gasteiger partial charge on any atom is -0.355 e. The monoisotopic (exact) mass is 381 g/mol. The third kappa shape index (κ3) is 5.44. The standard InChI is InChI=1S/C22H24ClN3O/c1-16-5-7-17(8-6-16)21(18-9-11-19(23)12-10-18)22(27)25-13-3-2-4-20-14-24-15-26-20/h5-12,14-15,21H,2-4,13H2,1H3,(H,24,26)(H,25,27). The molecule has 27 heavy (non-hydrogen) atoms. The molecular weight excluding hydrogens is 358 g/mol. The molecule has 0 fully saturated rings. The maximum Gasteiger partial charge on any atom is 0.232 e. The average molecular weight is 382 g/mol. The summed E-state index contributed by atoms with van der Waals surface area (Å²) < 4.78 is 0. The maximum atomic E-state index is 12.9. The van der Waals surface area contributed by atoms with Crippen molar-refractivity contribution in [2.45, 2.75) is 32.1 Å². The lowest BCUT2D eigenvalue weighted by Crippen LogP contribution is -2.31. The van der Waals surface area contributed by atoms with E-state index in [2.05, 4.69) is 15.3 Å². The van der Waals surface area contributed by atoms with E-state index in [0.717, 1.165) is 36.1 Å². The van der Waals surface area contributed by atoms with Crippen LogP contribution in [0.1, 0.15) is 41.1 Å². The van der Waals surface area contributed by atoms with Gasteiger partial charge in [-0.2, -0.15) is 0 Å². The Hall–Kier alpha value is -2.59. The molecule has 2 aromatic carbocycles. The molecule has 0 saturated carbocycles. The first-order valence-electron chi connectivity index (χ1n) is 9.20. The zero-order chi connectivity index (χ0) is 19.1. The van der Waals surface area contributed by atoms with E-state index in [1.165, 1.54) is 5.56 Å². The number of H-pyrrole nitrogens is 1. The van der Waals surface area contributed by atoms with Crippen LogP contribution in [0.15, 0.2) is 61.1 Å². The van der Waals surface area contributed by atoms with Gasteiger partial charge < -0.3 is 10.3 Å². The fraction of sp³-hybridized carbons (Fsp3) is 0.273. The number of nitrogens with zero attached hydrogens (tertiary/aromatic N) is 1. The molecule has 0 aliphatic heterocycles. The number of aromatic nitrogens is 2. The Bertz CT molecular complexity index is 797. The first-order valence-corrected chi connectivity index (χ1v) is 9.58. The molecule has 4 nitrogen and oxygen atoms in total. The van der Waals surface area contributed by atoms with Crippen molar-refractivity contribution in [3.8, 4) is 0 Å². The molecule has 140 valence electrons. The van der Waals surface area contributed by atoms with Gasteiger partial charge in [0.05, 0.1) is 12.2 Å². The van der Waals surface area contributed by atoms with Gasteiger partial charge in [-0.1, -0.05) is 53.6 Å². The fourth-order valence-corrected chi connectivity index (χ4v) is 3.21. The van der Waals surface area contributed by atoms with Gasteiger partial charge in [0.25, 0.3) is 0 Å². The van der Waals surface area contributed by atoms with Crippen molar-refractivity contribution >= 4 is 17.5 Å². The topological polar surface area (TPSA) is 57.8 Å². The molecule has 0 saturated heterocycles. The maximum absolute atomic E-state index is 12.9. The highest BCUT2D eigenvalue weighted by Gasteiger charge is 2.22. The molecule has 0 aliphatic carbocycles. The zero-order valence-corrected chi connectivity index (χ0v) is 16.2. The van der Waals surface area contributed by atoms with Crippen LogP contribution in [0.25, 0.3) is 0 Å². The molecule has 0 bridgehead atoms. The summed E-state index contributed by atoms with van der Waals surface area (Å²) in [6.45, 7) is 2.70. The second kappa shape index (κ2) is 9.38. The van der Waals surface area contributed by atoms with Crippen LogP contribution < -0.4 is 5.32 Å². The summed E-state index contributed by atoms with van der Waals surface area (Å²) in [6.07, 6.45) is 6.39. The summed E-state index contributed by atoms with van der Waals surface area (Å²) in [5, 5.41) is 3.76. The number of rotatable bonds is 8. The molecule has 1 amide bonds. The number of benzene rings is 2. The van der Waals surface area contributed by atoms with Gasteiger partial charge in [0.15, 0.2) is 0 Å². The summed E-state index contributed by atoms with van der Waals surface area (Å²) in [6, 6.07) is 15.6. The second-order valence-electron chi connectivity index (χ2n) is 6.72. The summed E-state index contributed by atoms with van der Waals surface area (Å²) in [4.78, 5) is 20.1. The molecule has 1 atom stereocenters. The Morgan fingerprint density at radius 2 is 1.74 bits per heavy atom. The number of carbonyl (C=O) groups is 1. The van der Waals surface area contributed by atoms with Gasteiger partial charge in [0, 0.05) is 23.5 Å². The molecule has 2 N–H and O–H groups in total. The van der Waals surface area contributed by atoms with E-state index in [1.807, 2.05) is 61.7 Å². The molecule has 3 aromatic rings. The number of unbranched alkanes of at least 4 members (excludes halogenated alkanes) is 1. The van der Waals surface area contributed by atoms with E-state index in [9.17, 15) is 4.79 Å². The van der Waals surface area contributed by atoms with Gasteiger partial charge in [0.2, 0.25) is 5.91 Å². The summed E-state index contributed by atoms with van der Waals surface area (Å²) in [5.74, 6) is -0.321. The molecule has 1 heterocycles. The van der Waals surface area contributed by atoms with Crippen molar-refractivity contribution in [2.75, 3.05) is 6.54 Å². The van der Waals surface area contributed by atoms with Crippen molar-refractivity contribution in [3.05, 3.63) is 88.5 Å². The fourth-order valence-electron chi connectivity index (χ4n) is 3.08. The Balaban J connectivity index is 1.63. The van der Waals surface area contributed by atoms with Crippen molar-refractivity contribution in [1.29, 1.82) is 0 Å². The quantitative estimate of drug-likeness (QED) is 0.558. The normalized spacial score (nSPS) is 11.9. The van der Waals surface area contributed by atoms with Gasteiger partial charge in [-0.15, -0.1) is 0 Å². The number of halogens is 1. The van der Waals surface area contributed by atoms with Crippen LogP contribution in [0.3, 0.4) is 0 Å². The van der Waals surface area contributed by atoms with Crippen LogP contribution >= 0.6 is 11.6 Å². The number of hydrogen-bond donors (Lipinski definition) is 2. The largest absolute Gasteiger partial charge is 0.355 e. The number of aromatic amines is 1. The molecule has 1 aromatic heterocycles. The Labute approximate surface area is 165 Å². The SMILES string of the molecule is Cc1ccc(C(C(=O)NCCCCc2cnc[nH]2)c2ccc(Cl)cc2)cc1. The first-order chi connectivity index (χ1) is 13.1. The van der Waals surface area contributed by atoms with Crippen molar-refractivity contribution in [1.82, 2.24) is 15.3 Å². The Kier molecular flexibility index (Phi) is 6.66. The van der Waals surface area contributed by atoms with Gasteiger partial charge in [-0.05, 0) is 49.4 Å². The van der Waals surface area contributed by atoms with E-state index >= 15 is 0 Å². The number of imidazole rings is 1. The predicted molar refractivity (Wildman–Crippen MR) is 109 cm³/mol. The van der Waals surface area contributed by atoms with Crippen molar-refractivity contribution < 1.29 is 4.79 Å². The van der Waals surface area contributed by atoms with Crippen molar-refractivity contribution in [3.63, 3.8) is 0 Å². The van der Waals surface area contributed by atoms with Gasteiger partial charge >= 0.3 is 0 Å². The summed E-state index contributed by atoms with van der Waals surface area (Å²) in [7, 11) is 0. The lowest BCUT2D eigenvalue weighted by atomic mass is 9.90. The van der Waals surface area contributed by atoms with E-state index in [1.54, 1.807) is 6.33 Å². The number of aryl methyl sites for hydroxylation is 2. The molecule has 0 radical (unpaired) electrons. The van der Waals surface area contributed by atoms with E-state index in [-0.39, 0.29) is 11.8 Å². The Morgan fingerprint density at radius 1 is 1.07 bits per heavy atom. The summed E-state index contributed by atoms with van der Waals surface area (Å²) in [5.41, 5.74) is 4.23. The highest BCUT2D eigenvalue weighted by atomic mass is 35.5. The second-order valence-corrected chi connectivity index (χ2v) is 7.16. The van der Waals surface area contributed by atoms with Gasteiger partial charge in [0.1, 0.15) is 0 Å².